The minimum absolute atomic E-state index is 0.176. The summed E-state index contributed by atoms with van der Waals surface area (Å²) in [6, 6.07) is 0. The second kappa shape index (κ2) is 15.6. The number of carbonyl (C=O) groups excluding carboxylic acids is 1. The van der Waals surface area contributed by atoms with Gasteiger partial charge in [0.25, 0.3) is 0 Å². The van der Waals surface area contributed by atoms with E-state index < -0.39 is 5.97 Å². The lowest BCUT2D eigenvalue weighted by molar-refractivity contribution is -0.132. The summed E-state index contributed by atoms with van der Waals surface area (Å²) in [5.74, 6) is -0.935. The quantitative estimate of drug-likeness (QED) is 0.445. The highest BCUT2D eigenvalue weighted by molar-refractivity contribution is 5.84. The first-order chi connectivity index (χ1) is 4.64. The maximum absolute atomic E-state index is 9.60. The molecule has 0 aliphatic heterocycles. The second-order valence-corrected chi connectivity index (χ2v) is 1.09. The maximum atomic E-state index is 9.60. The first-order valence-electron chi connectivity index (χ1n) is 2.32. The van der Waals surface area contributed by atoms with Crippen molar-refractivity contribution in [2.45, 2.75) is 6.92 Å². The van der Waals surface area contributed by atoms with Gasteiger partial charge in [-0.1, -0.05) is 6.58 Å². The molecule has 0 aliphatic rings. The van der Waals surface area contributed by atoms with Gasteiger partial charge in [0, 0.05) is 5.57 Å². The molecule has 0 saturated carbocycles. The predicted octanol–water partition coefficient (Wildman–Crippen LogP) is 1.26. The highest BCUT2D eigenvalue weighted by Gasteiger charge is 1.90. The molecule has 0 rings (SSSR count). The second-order valence-electron chi connectivity index (χ2n) is 1.09. The lowest BCUT2D eigenvalue weighted by Crippen LogP contribution is -1.92. The first kappa shape index (κ1) is 15.8. The Balaban J connectivity index is -0.000000105. The Labute approximate surface area is 60.7 Å². The molecular formula is C7H12O3. The van der Waals surface area contributed by atoms with Crippen LogP contribution in [0.3, 0.4) is 0 Å². The van der Waals surface area contributed by atoms with Crippen LogP contribution in [0.2, 0.25) is 0 Å². The van der Waals surface area contributed by atoms with Crippen LogP contribution < -0.4 is 0 Å². The molecule has 1 N–H and O–H groups in total. The van der Waals surface area contributed by atoms with E-state index in [0.717, 1.165) is 0 Å². The van der Waals surface area contributed by atoms with E-state index in [1.807, 2.05) is 6.79 Å². The molecule has 0 atom stereocenters. The molecule has 0 amide bonds. The van der Waals surface area contributed by atoms with Crippen molar-refractivity contribution in [3.8, 4) is 0 Å². The Bertz CT molecular complexity index is 93.4. The number of hydrogen-bond acceptors (Lipinski definition) is 2. The summed E-state index contributed by atoms with van der Waals surface area (Å²) in [5, 5.41) is 7.89. The lowest BCUT2D eigenvalue weighted by atomic mass is 10.4. The summed E-state index contributed by atoms with van der Waals surface area (Å²) in [5.41, 5.74) is 0.176. The SMILES string of the molecule is C=C.C=C(C)C(=O)O.C=O. The van der Waals surface area contributed by atoms with Gasteiger partial charge in [-0.15, -0.1) is 13.2 Å². The monoisotopic (exact) mass is 144 g/mol. The van der Waals surface area contributed by atoms with Crippen LogP contribution in [0.4, 0.5) is 0 Å². The fourth-order valence-corrected chi connectivity index (χ4v) is 0. The van der Waals surface area contributed by atoms with Gasteiger partial charge in [0.05, 0.1) is 0 Å². The van der Waals surface area contributed by atoms with Crippen molar-refractivity contribution in [3.63, 3.8) is 0 Å². The Morgan fingerprint density at radius 3 is 1.40 bits per heavy atom. The van der Waals surface area contributed by atoms with Gasteiger partial charge in [-0.25, -0.2) is 4.79 Å². The minimum Gasteiger partial charge on any atom is -0.478 e. The van der Waals surface area contributed by atoms with Crippen molar-refractivity contribution in [3.05, 3.63) is 25.3 Å². The molecule has 10 heavy (non-hydrogen) atoms. The van der Waals surface area contributed by atoms with Gasteiger partial charge >= 0.3 is 5.97 Å². The van der Waals surface area contributed by atoms with E-state index in [9.17, 15) is 4.79 Å². The summed E-state index contributed by atoms with van der Waals surface area (Å²) in [7, 11) is 0. The Morgan fingerprint density at radius 2 is 1.40 bits per heavy atom. The molecule has 0 aromatic carbocycles. The molecular weight excluding hydrogens is 132 g/mol. The van der Waals surface area contributed by atoms with Crippen LogP contribution in [-0.2, 0) is 9.59 Å². The van der Waals surface area contributed by atoms with E-state index in [4.69, 9.17) is 9.90 Å². The largest absolute Gasteiger partial charge is 0.478 e. The third-order valence-corrected chi connectivity index (χ3v) is 0.365. The highest BCUT2D eigenvalue weighted by Crippen LogP contribution is 1.81. The van der Waals surface area contributed by atoms with E-state index in [0.29, 0.717) is 0 Å². The van der Waals surface area contributed by atoms with Crippen LogP contribution in [0.25, 0.3) is 0 Å². The number of aliphatic carboxylic acids is 1. The molecule has 58 valence electrons. The van der Waals surface area contributed by atoms with Crippen LogP contribution in [-0.4, -0.2) is 17.9 Å². The molecule has 0 bridgehead atoms. The topological polar surface area (TPSA) is 54.4 Å². The summed E-state index contributed by atoms with van der Waals surface area (Å²) < 4.78 is 0. The van der Waals surface area contributed by atoms with Crippen molar-refractivity contribution in [2.24, 2.45) is 0 Å². The van der Waals surface area contributed by atoms with Gasteiger partial charge in [-0.3, -0.25) is 0 Å². The molecule has 0 aromatic rings. The molecule has 0 heterocycles. The molecule has 0 fully saturated rings. The molecule has 0 radical (unpaired) electrons. The fraction of sp³-hybridized carbons (Fsp3) is 0.143. The zero-order valence-corrected chi connectivity index (χ0v) is 6.09. The third-order valence-electron chi connectivity index (χ3n) is 0.365. The predicted molar refractivity (Wildman–Crippen MR) is 40.8 cm³/mol. The molecule has 0 spiro atoms. The van der Waals surface area contributed by atoms with Crippen LogP contribution >= 0.6 is 0 Å². The Kier molecular flexibility index (Phi) is 24.8. The van der Waals surface area contributed by atoms with Crippen LogP contribution in [0.1, 0.15) is 6.92 Å². The lowest BCUT2D eigenvalue weighted by Gasteiger charge is -1.79. The van der Waals surface area contributed by atoms with E-state index >= 15 is 0 Å². The van der Waals surface area contributed by atoms with Crippen LogP contribution in [0.5, 0.6) is 0 Å². The zero-order chi connectivity index (χ0) is 9.15. The average molecular weight is 144 g/mol. The van der Waals surface area contributed by atoms with E-state index in [2.05, 4.69) is 19.7 Å². The van der Waals surface area contributed by atoms with Crippen LogP contribution in [0, 0.1) is 0 Å². The average Bonchev–Trinajstić information content (AvgIpc) is 1.96. The number of hydrogen-bond donors (Lipinski definition) is 1. The number of carboxylic acids is 1. The molecule has 3 heteroatoms. The number of carbonyl (C=O) groups is 2. The van der Waals surface area contributed by atoms with E-state index in [-0.39, 0.29) is 5.57 Å². The molecule has 0 aromatic heterocycles. The third kappa shape index (κ3) is 30.5. The van der Waals surface area contributed by atoms with Crippen molar-refractivity contribution < 1.29 is 14.7 Å². The Morgan fingerprint density at radius 1 is 1.30 bits per heavy atom. The summed E-state index contributed by atoms with van der Waals surface area (Å²) in [6.07, 6.45) is 0. The smallest absolute Gasteiger partial charge is 0.330 e. The van der Waals surface area contributed by atoms with Gasteiger partial charge in [0.2, 0.25) is 0 Å². The summed E-state index contributed by atoms with van der Waals surface area (Å²) in [6.45, 7) is 12.6. The zero-order valence-electron chi connectivity index (χ0n) is 6.09. The highest BCUT2D eigenvalue weighted by atomic mass is 16.4. The normalized spacial score (nSPS) is 5.30. The number of carboxylic acid groups (broad SMARTS) is 1. The fourth-order valence-electron chi connectivity index (χ4n) is 0. The van der Waals surface area contributed by atoms with Crippen molar-refractivity contribution in [1.82, 2.24) is 0 Å². The van der Waals surface area contributed by atoms with Gasteiger partial charge in [-0.2, -0.15) is 0 Å². The molecule has 0 saturated heterocycles. The van der Waals surface area contributed by atoms with Gasteiger partial charge in [0.15, 0.2) is 0 Å². The first-order valence-corrected chi connectivity index (χ1v) is 2.32. The minimum atomic E-state index is -0.935. The molecule has 0 unspecified atom stereocenters. The standard InChI is InChI=1S/C4H6O2.C2H4.CH2O/c1-3(2)4(5)6;2*1-2/h1H2,2H3,(H,5,6);1-2H2;1H2. The Hall–Kier alpha value is -1.38. The number of rotatable bonds is 1. The van der Waals surface area contributed by atoms with E-state index in [1.54, 1.807) is 0 Å². The maximum Gasteiger partial charge on any atom is 0.330 e. The van der Waals surface area contributed by atoms with Crippen molar-refractivity contribution in [2.75, 3.05) is 0 Å². The van der Waals surface area contributed by atoms with Crippen molar-refractivity contribution >= 4 is 12.8 Å². The van der Waals surface area contributed by atoms with E-state index in [1.165, 1.54) is 6.92 Å². The molecule has 0 aliphatic carbocycles. The van der Waals surface area contributed by atoms with Gasteiger partial charge in [-0.05, 0) is 6.92 Å². The summed E-state index contributed by atoms with van der Waals surface area (Å²) >= 11 is 0. The van der Waals surface area contributed by atoms with Gasteiger partial charge in [0.1, 0.15) is 6.79 Å². The van der Waals surface area contributed by atoms with Gasteiger partial charge < -0.3 is 9.90 Å². The summed E-state index contributed by atoms with van der Waals surface area (Å²) in [4.78, 5) is 17.6. The van der Waals surface area contributed by atoms with Crippen molar-refractivity contribution in [1.29, 1.82) is 0 Å². The van der Waals surface area contributed by atoms with Crippen LogP contribution in [0.15, 0.2) is 25.3 Å². The molecule has 3 nitrogen and oxygen atoms in total.